The lowest BCUT2D eigenvalue weighted by atomic mass is 10.0. The van der Waals surface area contributed by atoms with Gasteiger partial charge in [0.2, 0.25) is 5.91 Å². The molecule has 1 amide bonds. The lowest BCUT2D eigenvalue weighted by Gasteiger charge is -2.17. The van der Waals surface area contributed by atoms with Crippen LogP contribution < -0.4 is 10.6 Å². The molecule has 2 rings (SSSR count). The van der Waals surface area contributed by atoms with E-state index in [1.807, 2.05) is 0 Å². The highest BCUT2D eigenvalue weighted by Gasteiger charge is 2.25. The Morgan fingerprint density at radius 1 is 1.24 bits per heavy atom. The van der Waals surface area contributed by atoms with Crippen molar-refractivity contribution in [3.8, 4) is 11.5 Å². The zero-order valence-electron chi connectivity index (χ0n) is 9.03. The van der Waals surface area contributed by atoms with E-state index in [1.165, 1.54) is 6.07 Å². The van der Waals surface area contributed by atoms with Gasteiger partial charge in [-0.25, -0.2) is 4.39 Å². The van der Waals surface area contributed by atoms with Gasteiger partial charge in [-0.15, -0.1) is 0 Å². The van der Waals surface area contributed by atoms with Crippen LogP contribution in [0.25, 0.3) is 0 Å². The Morgan fingerprint density at radius 3 is 2.71 bits per heavy atom. The Bertz CT molecular complexity index is 451. The van der Waals surface area contributed by atoms with Gasteiger partial charge in [-0.1, -0.05) is 0 Å². The summed E-state index contributed by atoms with van der Waals surface area (Å²) in [6, 6.07) is 1.65. The van der Waals surface area contributed by atoms with E-state index < -0.39 is 17.6 Å². The number of aromatic hydroxyl groups is 2. The minimum absolute atomic E-state index is 0.0218. The average Bonchev–Trinajstić information content (AvgIpc) is 2.49. The molecule has 0 aromatic heterocycles. The first-order valence-corrected chi connectivity index (χ1v) is 5.30. The van der Waals surface area contributed by atoms with Gasteiger partial charge in [-0.3, -0.25) is 4.79 Å². The molecular formula is C11H13FN2O3. The molecule has 1 aromatic rings. The maximum absolute atomic E-state index is 13.7. The highest BCUT2D eigenvalue weighted by Crippen LogP contribution is 2.33. The van der Waals surface area contributed by atoms with Crippen LogP contribution in [-0.2, 0) is 4.79 Å². The van der Waals surface area contributed by atoms with Crippen LogP contribution in [0.15, 0.2) is 12.1 Å². The van der Waals surface area contributed by atoms with Crippen molar-refractivity contribution in [1.82, 2.24) is 10.6 Å². The lowest BCUT2D eigenvalue weighted by Crippen LogP contribution is -2.25. The lowest BCUT2D eigenvalue weighted by molar-refractivity contribution is -0.121. The first kappa shape index (κ1) is 11.7. The third-order valence-electron chi connectivity index (χ3n) is 2.71. The molecule has 0 spiro atoms. The van der Waals surface area contributed by atoms with Gasteiger partial charge in [0.05, 0.1) is 5.56 Å². The Morgan fingerprint density at radius 2 is 1.94 bits per heavy atom. The van der Waals surface area contributed by atoms with Crippen LogP contribution >= 0.6 is 0 Å². The maximum atomic E-state index is 13.7. The molecule has 6 heteroatoms. The molecule has 4 N–H and O–H groups in total. The highest BCUT2D eigenvalue weighted by atomic mass is 19.1. The molecule has 1 fully saturated rings. The van der Waals surface area contributed by atoms with E-state index in [1.54, 1.807) is 0 Å². The van der Waals surface area contributed by atoms with Crippen molar-refractivity contribution in [3.05, 3.63) is 23.5 Å². The summed E-state index contributed by atoms with van der Waals surface area (Å²) in [5, 5.41) is 24.5. The van der Waals surface area contributed by atoms with Crippen molar-refractivity contribution in [1.29, 1.82) is 0 Å². The van der Waals surface area contributed by atoms with Gasteiger partial charge in [-0.2, -0.15) is 0 Å². The van der Waals surface area contributed by atoms with E-state index in [-0.39, 0.29) is 23.6 Å². The summed E-state index contributed by atoms with van der Waals surface area (Å²) in [4.78, 5) is 11.4. The molecule has 1 heterocycles. The van der Waals surface area contributed by atoms with Gasteiger partial charge < -0.3 is 20.8 Å². The third-order valence-corrected chi connectivity index (χ3v) is 2.71. The van der Waals surface area contributed by atoms with Crippen molar-refractivity contribution in [3.63, 3.8) is 0 Å². The van der Waals surface area contributed by atoms with Gasteiger partial charge in [-0.05, 0) is 12.1 Å². The van der Waals surface area contributed by atoms with Crippen molar-refractivity contribution in [2.24, 2.45) is 0 Å². The fourth-order valence-corrected chi connectivity index (χ4v) is 1.88. The number of nitrogens with one attached hydrogen (secondary N) is 2. The summed E-state index contributed by atoms with van der Waals surface area (Å²) in [6.07, 6.45) is 0.0218. The fourth-order valence-electron chi connectivity index (χ4n) is 1.88. The van der Waals surface area contributed by atoms with E-state index in [0.717, 1.165) is 6.07 Å². The smallest absolute Gasteiger partial charge is 0.221 e. The SMILES string of the molecule is O=C1CC(c2c(O)ccc(O)c2F)NCCN1. The van der Waals surface area contributed by atoms with Crippen molar-refractivity contribution >= 4 is 5.91 Å². The first-order valence-electron chi connectivity index (χ1n) is 5.30. The van der Waals surface area contributed by atoms with Gasteiger partial charge in [0.1, 0.15) is 5.75 Å². The van der Waals surface area contributed by atoms with Crippen molar-refractivity contribution in [2.45, 2.75) is 12.5 Å². The summed E-state index contributed by atoms with van der Waals surface area (Å²) >= 11 is 0. The predicted octanol–water partition coefficient (Wildman–Crippen LogP) is 0.387. The molecule has 1 aliphatic rings. The number of phenols is 2. The number of amides is 1. The number of rotatable bonds is 1. The van der Waals surface area contributed by atoms with Gasteiger partial charge in [0.15, 0.2) is 11.6 Å². The number of hydrogen-bond acceptors (Lipinski definition) is 4. The number of carbonyl (C=O) groups excluding carboxylic acids is 1. The van der Waals surface area contributed by atoms with E-state index in [0.29, 0.717) is 13.1 Å². The summed E-state index contributed by atoms with van der Waals surface area (Å²) in [7, 11) is 0. The summed E-state index contributed by atoms with van der Waals surface area (Å²) < 4.78 is 13.7. The van der Waals surface area contributed by atoms with Gasteiger partial charge >= 0.3 is 0 Å². The Labute approximate surface area is 97.3 Å². The van der Waals surface area contributed by atoms with Crippen LogP contribution in [0.3, 0.4) is 0 Å². The van der Waals surface area contributed by atoms with Gasteiger partial charge in [0.25, 0.3) is 0 Å². The Kier molecular flexibility index (Phi) is 3.14. The molecule has 0 saturated carbocycles. The number of phenolic OH excluding ortho intramolecular Hbond substituents is 2. The average molecular weight is 240 g/mol. The van der Waals surface area contributed by atoms with E-state index in [2.05, 4.69) is 10.6 Å². The zero-order chi connectivity index (χ0) is 12.4. The molecule has 1 unspecified atom stereocenters. The van der Waals surface area contributed by atoms with E-state index in [9.17, 15) is 19.4 Å². The highest BCUT2D eigenvalue weighted by molar-refractivity contribution is 5.77. The maximum Gasteiger partial charge on any atom is 0.221 e. The van der Waals surface area contributed by atoms with Crippen LogP contribution in [0.5, 0.6) is 11.5 Å². The van der Waals surface area contributed by atoms with Crippen LogP contribution in [0.1, 0.15) is 18.0 Å². The zero-order valence-corrected chi connectivity index (χ0v) is 9.03. The molecule has 1 aliphatic heterocycles. The standard InChI is InChI=1S/C11H13FN2O3/c12-11-8(16)2-1-7(15)10(11)6-5-9(17)14-4-3-13-6/h1-2,6,13,15-16H,3-5H2,(H,14,17). The quantitative estimate of drug-likeness (QED) is 0.535. The Hall–Kier alpha value is -1.82. The largest absolute Gasteiger partial charge is 0.507 e. The van der Waals surface area contributed by atoms with Crippen LogP contribution in [-0.4, -0.2) is 29.2 Å². The molecule has 92 valence electrons. The van der Waals surface area contributed by atoms with Crippen LogP contribution in [0.4, 0.5) is 4.39 Å². The summed E-state index contributed by atoms with van der Waals surface area (Å²) in [6.45, 7) is 0.932. The molecule has 1 saturated heterocycles. The predicted molar refractivity (Wildman–Crippen MR) is 58.1 cm³/mol. The van der Waals surface area contributed by atoms with E-state index >= 15 is 0 Å². The van der Waals surface area contributed by atoms with Gasteiger partial charge in [0, 0.05) is 25.6 Å². The van der Waals surface area contributed by atoms with Crippen LogP contribution in [0.2, 0.25) is 0 Å². The normalized spacial score (nSPS) is 20.8. The summed E-state index contributed by atoms with van der Waals surface area (Å²) in [5.74, 6) is -1.92. The topological polar surface area (TPSA) is 81.6 Å². The van der Waals surface area contributed by atoms with E-state index in [4.69, 9.17) is 0 Å². The molecule has 0 radical (unpaired) electrons. The molecule has 17 heavy (non-hydrogen) atoms. The van der Waals surface area contributed by atoms with Crippen molar-refractivity contribution in [2.75, 3.05) is 13.1 Å². The second-order valence-electron chi connectivity index (χ2n) is 3.89. The molecule has 0 bridgehead atoms. The monoisotopic (exact) mass is 240 g/mol. The number of hydrogen-bond donors (Lipinski definition) is 4. The number of halogens is 1. The fraction of sp³-hybridized carbons (Fsp3) is 0.364. The number of benzene rings is 1. The minimum atomic E-state index is -0.891. The van der Waals surface area contributed by atoms with Crippen molar-refractivity contribution < 1.29 is 19.4 Å². The summed E-state index contributed by atoms with van der Waals surface area (Å²) in [5.41, 5.74) is -0.0675. The number of carbonyl (C=O) groups is 1. The molecule has 0 aliphatic carbocycles. The van der Waals surface area contributed by atoms with Crippen LogP contribution in [0, 0.1) is 5.82 Å². The first-order chi connectivity index (χ1) is 8.09. The second-order valence-corrected chi connectivity index (χ2v) is 3.89. The molecule has 5 nitrogen and oxygen atoms in total. The third kappa shape index (κ3) is 2.31. The minimum Gasteiger partial charge on any atom is -0.507 e. The molecule has 1 atom stereocenters. The Balaban J connectivity index is 2.38. The second kappa shape index (κ2) is 4.58. The molecule has 1 aromatic carbocycles. The molecular weight excluding hydrogens is 227 g/mol.